The molecular formula is C17H15N3O4S. The van der Waals surface area contributed by atoms with Crippen molar-refractivity contribution >= 4 is 32.7 Å². The molecule has 3 aromatic rings. The predicted octanol–water partition coefficient (Wildman–Crippen LogP) is 1.32. The van der Waals surface area contributed by atoms with Crippen LogP contribution in [-0.4, -0.2) is 29.9 Å². The number of amides is 1. The van der Waals surface area contributed by atoms with Crippen molar-refractivity contribution < 1.29 is 13.2 Å². The van der Waals surface area contributed by atoms with Gasteiger partial charge in [-0.25, -0.2) is 13.2 Å². The predicted molar refractivity (Wildman–Crippen MR) is 93.4 cm³/mol. The summed E-state index contributed by atoms with van der Waals surface area (Å²) in [5.74, 6) is -0.271. The molecule has 0 aliphatic carbocycles. The molecule has 25 heavy (non-hydrogen) atoms. The molecule has 128 valence electrons. The van der Waals surface area contributed by atoms with E-state index >= 15 is 0 Å². The molecule has 0 unspecified atom stereocenters. The lowest BCUT2D eigenvalue weighted by atomic mass is 10.2. The molecule has 7 nitrogen and oxygen atoms in total. The molecule has 1 aliphatic heterocycles. The van der Waals surface area contributed by atoms with E-state index in [1.165, 1.54) is 21.6 Å². The van der Waals surface area contributed by atoms with Crippen molar-refractivity contribution in [1.82, 2.24) is 8.54 Å². The number of nitrogens with zero attached hydrogens (tertiary/aromatic N) is 3. The van der Waals surface area contributed by atoms with Gasteiger partial charge in [0.05, 0.1) is 21.6 Å². The molecule has 0 saturated heterocycles. The molecule has 1 aromatic heterocycles. The minimum absolute atomic E-state index is 0.0311. The van der Waals surface area contributed by atoms with Gasteiger partial charge in [-0.3, -0.25) is 9.36 Å². The lowest BCUT2D eigenvalue weighted by molar-refractivity contribution is -0.119. The van der Waals surface area contributed by atoms with Crippen LogP contribution in [-0.2, 0) is 21.4 Å². The van der Waals surface area contributed by atoms with Crippen LogP contribution in [0.5, 0.6) is 0 Å². The number of anilines is 1. The summed E-state index contributed by atoms with van der Waals surface area (Å²) in [4.78, 5) is 26.4. The molecule has 0 N–H and O–H groups in total. The Bertz CT molecular complexity index is 1190. The van der Waals surface area contributed by atoms with Crippen LogP contribution in [0.25, 0.3) is 11.0 Å². The van der Waals surface area contributed by atoms with Gasteiger partial charge in [0.25, 0.3) is 10.0 Å². The molecule has 4 rings (SSSR count). The van der Waals surface area contributed by atoms with Crippen LogP contribution in [0.1, 0.15) is 5.56 Å². The van der Waals surface area contributed by atoms with E-state index in [0.717, 1.165) is 9.54 Å². The Kier molecular flexibility index (Phi) is 3.17. The maximum atomic E-state index is 13.1. The van der Waals surface area contributed by atoms with Crippen LogP contribution < -0.4 is 10.6 Å². The molecule has 0 bridgehead atoms. The number of rotatable bonds is 2. The first-order valence-corrected chi connectivity index (χ1v) is 9.09. The van der Waals surface area contributed by atoms with Crippen molar-refractivity contribution in [2.75, 3.05) is 11.9 Å². The second kappa shape index (κ2) is 5.06. The van der Waals surface area contributed by atoms with Gasteiger partial charge in [0.2, 0.25) is 5.91 Å². The summed E-state index contributed by atoms with van der Waals surface area (Å²) >= 11 is 0. The number of aryl methyl sites for hydroxylation is 1. The number of para-hydroxylation sites is 1. The van der Waals surface area contributed by atoms with Crippen molar-refractivity contribution in [3.8, 4) is 0 Å². The second-order valence-electron chi connectivity index (χ2n) is 6.05. The molecule has 0 radical (unpaired) electrons. The first-order valence-electron chi connectivity index (χ1n) is 7.65. The van der Waals surface area contributed by atoms with Crippen molar-refractivity contribution in [1.29, 1.82) is 0 Å². The number of hydrogen-bond acceptors (Lipinski definition) is 4. The van der Waals surface area contributed by atoms with E-state index < -0.39 is 15.7 Å². The lowest BCUT2D eigenvalue weighted by Crippen LogP contribution is -2.38. The highest BCUT2D eigenvalue weighted by molar-refractivity contribution is 7.90. The number of likely N-dealkylation sites (N-methyl/N-ethyl adjacent to an activating group) is 1. The lowest BCUT2D eigenvalue weighted by Gasteiger charge is -2.23. The molecule has 0 spiro atoms. The van der Waals surface area contributed by atoms with E-state index in [1.54, 1.807) is 37.4 Å². The smallest absolute Gasteiger partial charge is 0.312 e. The zero-order chi connectivity index (χ0) is 17.9. The van der Waals surface area contributed by atoms with Crippen LogP contribution in [0.2, 0.25) is 0 Å². The van der Waals surface area contributed by atoms with Crippen LogP contribution in [0, 0.1) is 6.92 Å². The quantitative estimate of drug-likeness (QED) is 0.693. The number of benzene rings is 2. The number of hydrogen-bond donors (Lipinski definition) is 0. The highest BCUT2D eigenvalue weighted by Gasteiger charge is 2.31. The van der Waals surface area contributed by atoms with E-state index in [9.17, 15) is 18.0 Å². The van der Waals surface area contributed by atoms with Crippen LogP contribution >= 0.6 is 0 Å². The third kappa shape index (κ3) is 2.07. The maximum absolute atomic E-state index is 13.1. The first-order chi connectivity index (χ1) is 11.8. The van der Waals surface area contributed by atoms with Gasteiger partial charge in [0.1, 0.15) is 6.54 Å². The van der Waals surface area contributed by atoms with Gasteiger partial charge in [-0.1, -0.05) is 23.8 Å². The van der Waals surface area contributed by atoms with Gasteiger partial charge < -0.3 is 4.90 Å². The van der Waals surface area contributed by atoms with E-state index in [2.05, 4.69) is 0 Å². The molecule has 1 aliphatic rings. The van der Waals surface area contributed by atoms with Crippen LogP contribution in [0.4, 0.5) is 5.69 Å². The molecule has 2 aromatic carbocycles. The number of carbonyl (C=O) groups excluding carboxylic acids is 1. The minimum atomic E-state index is -4.07. The SMILES string of the molecule is Cc1ccc(S(=O)(=O)n2c(=O)n3c4c(cccc42)N(C)C(=O)C3)cc1. The first kappa shape index (κ1) is 15.6. The van der Waals surface area contributed by atoms with Gasteiger partial charge in [0.15, 0.2) is 0 Å². The van der Waals surface area contributed by atoms with Crippen molar-refractivity contribution in [3.63, 3.8) is 0 Å². The zero-order valence-electron chi connectivity index (χ0n) is 13.6. The molecule has 1 amide bonds. The Morgan fingerprint density at radius 3 is 2.36 bits per heavy atom. The molecule has 0 atom stereocenters. The van der Waals surface area contributed by atoms with Gasteiger partial charge in [-0.2, -0.15) is 3.97 Å². The highest BCUT2D eigenvalue weighted by atomic mass is 32.2. The molecule has 2 heterocycles. The Morgan fingerprint density at radius 1 is 1.00 bits per heavy atom. The Morgan fingerprint density at radius 2 is 1.68 bits per heavy atom. The number of aromatic nitrogens is 2. The molecule has 8 heteroatoms. The Hall–Kier alpha value is -2.87. The summed E-state index contributed by atoms with van der Waals surface area (Å²) in [6, 6.07) is 11.2. The van der Waals surface area contributed by atoms with Crippen LogP contribution in [0.15, 0.2) is 52.2 Å². The normalized spacial score (nSPS) is 14.3. The largest absolute Gasteiger partial charge is 0.343 e. The second-order valence-corrected chi connectivity index (χ2v) is 7.84. The minimum Gasteiger partial charge on any atom is -0.312 e. The monoisotopic (exact) mass is 357 g/mol. The van der Waals surface area contributed by atoms with Crippen LogP contribution in [0.3, 0.4) is 0 Å². The zero-order valence-corrected chi connectivity index (χ0v) is 14.4. The summed E-state index contributed by atoms with van der Waals surface area (Å²) in [5.41, 5.74) is 1.42. The van der Waals surface area contributed by atoms with E-state index in [4.69, 9.17) is 0 Å². The highest BCUT2D eigenvalue weighted by Crippen LogP contribution is 2.30. The van der Waals surface area contributed by atoms with E-state index in [1.807, 2.05) is 6.92 Å². The Balaban J connectivity index is 2.09. The van der Waals surface area contributed by atoms with Gasteiger partial charge >= 0.3 is 5.69 Å². The number of imidazole rings is 1. The Labute approximate surface area is 143 Å². The average molecular weight is 357 g/mol. The van der Waals surface area contributed by atoms with Crippen molar-refractivity contribution in [3.05, 3.63) is 58.5 Å². The van der Waals surface area contributed by atoms with E-state index in [-0.39, 0.29) is 22.9 Å². The summed E-state index contributed by atoms with van der Waals surface area (Å²) < 4.78 is 28.1. The van der Waals surface area contributed by atoms with Crippen molar-refractivity contribution in [2.45, 2.75) is 18.4 Å². The van der Waals surface area contributed by atoms with Gasteiger partial charge in [-0.05, 0) is 31.2 Å². The molecule has 0 saturated carbocycles. The fraction of sp³-hybridized carbons (Fsp3) is 0.176. The summed E-state index contributed by atoms with van der Waals surface area (Å²) in [5, 5.41) is 0. The fourth-order valence-electron chi connectivity index (χ4n) is 3.11. The number of carbonyl (C=O) groups is 1. The summed E-state index contributed by atoms with van der Waals surface area (Å²) in [6.45, 7) is 1.67. The maximum Gasteiger partial charge on any atom is 0.343 e. The van der Waals surface area contributed by atoms with Gasteiger partial charge in [0, 0.05) is 7.05 Å². The average Bonchev–Trinajstić information content (AvgIpc) is 2.86. The van der Waals surface area contributed by atoms with E-state index in [0.29, 0.717) is 11.2 Å². The van der Waals surface area contributed by atoms with Gasteiger partial charge in [-0.15, -0.1) is 0 Å². The molecule has 0 fully saturated rings. The fourth-order valence-corrected chi connectivity index (χ4v) is 4.51. The van der Waals surface area contributed by atoms with Crippen molar-refractivity contribution in [2.24, 2.45) is 0 Å². The third-order valence-electron chi connectivity index (χ3n) is 4.47. The summed E-state index contributed by atoms with van der Waals surface area (Å²) in [7, 11) is -2.46. The summed E-state index contributed by atoms with van der Waals surface area (Å²) in [6.07, 6.45) is 0. The topological polar surface area (TPSA) is 81.4 Å². The third-order valence-corrected chi connectivity index (χ3v) is 6.18. The molecular weight excluding hydrogens is 342 g/mol. The standard InChI is InChI=1S/C17H15N3O4S/c1-11-6-8-12(9-7-11)25(23,24)20-14-5-3-4-13-16(14)19(17(20)22)10-15(21)18(13)2/h3-9H,10H2,1-2H3.